The number of hydrogen-bond donors (Lipinski definition) is 0. The van der Waals surface area contributed by atoms with Crippen LogP contribution in [0.2, 0.25) is 5.15 Å². The van der Waals surface area contributed by atoms with Gasteiger partial charge in [0.25, 0.3) is 0 Å². The largest absolute Gasteiger partial charge is 0.493 e. The highest BCUT2D eigenvalue weighted by Gasteiger charge is 2.39. The quantitative estimate of drug-likeness (QED) is 0.557. The maximum absolute atomic E-state index is 6.19. The number of fused-ring (bicyclic) bond motifs is 1. The van der Waals surface area contributed by atoms with Crippen molar-refractivity contribution in [3.8, 4) is 11.6 Å². The van der Waals surface area contributed by atoms with E-state index in [1.54, 1.807) is 13.3 Å². The summed E-state index contributed by atoms with van der Waals surface area (Å²) in [6.07, 6.45) is 4.59. The summed E-state index contributed by atoms with van der Waals surface area (Å²) in [5, 5.41) is 1.48. The fraction of sp³-hybridized carbons (Fsp3) is 0.455. The number of methoxy groups -OCH3 is 1. The van der Waals surface area contributed by atoms with Crippen LogP contribution in [-0.4, -0.2) is 54.7 Å². The predicted octanol–water partition coefficient (Wildman–Crippen LogP) is 3.67. The fourth-order valence-corrected chi connectivity index (χ4v) is 4.14. The molecular weight excluding hydrogens is 406 g/mol. The average Bonchev–Trinajstić information content (AvgIpc) is 3.32. The van der Waals surface area contributed by atoms with E-state index in [1.807, 2.05) is 35.9 Å². The van der Waals surface area contributed by atoms with Gasteiger partial charge in [-0.2, -0.15) is 0 Å². The second-order valence-electron chi connectivity index (χ2n) is 7.97. The molecule has 8 heteroatoms. The molecule has 0 unspecified atom stereocenters. The van der Waals surface area contributed by atoms with Crippen molar-refractivity contribution in [2.24, 2.45) is 5.92 Å². The van der Waals surface area contributed by atoms with Gasteiger partial charge in [0, 0.05) is 62.0 Å². The van der Waals surface area contributed by atoms with Crippen molar-refractivity contribution in [1.29, 1.82) is 0 Å². The summed E-state index contributed by atoms with van der Waals surface area (Å²) in [6, 6.07) is 5.78. The Bertz CT molecular complexity index is 1070. The van der Waals surface area contributed by atoms with Crippen molar-refractivity contribution >= 4 is 22.5 Å². The van der Waals surface area contributed by atoms with E-state index >= 15 is 0 Å². The first-order valence-corrected chi connectivity index (χ1v) is 10.5. The monoisotopic (exact) mass is 429 g/mol. The summed E-state index contributed by atoms with van der Waals surface area (Å²) in [7, 11) is 1.70. The number of aromatic nitrogens is 3. The lowest BCUT2D eigenvalue weighted by atomic mass is 9.97. The summed E-state index contributed by atoms with van der Waals surface area (Å²) in [5.41, 5.74) is 2.27. The van der Waals surface area contributed by atoms with Crippen molar-refractivity contribution in [1.82, 2.24) is 14.5 Å². The third-order valence-electron chi connectivity index (χ3n) is 5.92. The van der Waals surface area contributed by atoms with Gasteiger partial charge >= 0.3 is 0 Å². The predicted molar refractivity (Wildman–Crippen MR) is 113 cm³/mol. The molecule has 0 bridgehead atoms. The van der Waals surface area contributed by atoms with Crippen LogP contribution in [0, 0.1) is 12.8 Å². The van der Waals surface area contributed by atoms with Gasteiger partial charge in [-0.05, 0) is 12.5 Å². The fourth-order valence-electron chi connectivity index (χ4n) is 3.99. The van der Waals surface area contributed by atoms with Gasteiger partial charge < -0.3 is 23.5 Å². The molecule has 5 heterocycles. The van der Waals surface area contributed by atoms with Gasteiger partial charge in [-0.3, -0.25) is 0 Å². The SMILES string of the molecule is CO[C@@]1(c2cc(OCC3COC3)cc(-n3cc(C)c4cnc(Cl)cc43)n2)CCOC1. The van der Waals surface area contributed by atoms with Crippen molar-refractivity contribution in [3.63, 3.8) is 0 Å². The summed E-state index contributed by atoms with van der Waals surface area (Å²) >= 11 is 6.19. The molecule has 0 spiro atoms. The van der Waals surface area contributed by atoms with Crippen molar-refractivity contribution in [2.45, 2.75) is 18.9 Å². The highest BCUT2D eigenvalue weighted by molar-refractivity contribution is 6.30. The number of halogens is 1. The molecule has 30 heavy (non-hydrogen) atoms. The summed E-state index contributed by atoms with van der Waals surface area (Å²) in [6.45, 7) is 5.26. The molecule has 0 saturated carbocycles. The lowest BCUT2D eigenvalue weighted by molar-refractivity contribution is -0.0510. The van der Waals surface area contributed by atoms with Gasteiger partial charge in [-0.15, -0.1) is 0 Å². The molecule has 2 aliphatic rings. The number of pyridine rings is 2. The Morgan fingerprint density at radius 1 is 1.27 bits per heavy atom. The molecule has 2 fully saturated rings. The number of aryl methyl sites for hydroxylation is 1. The molecule has 2 saturated heterocycles. The van der Waals surface area contributed by atoms with Crippen LogP contribution in [0.4, 0.5) is 0 Å². The van der Waals surface area contributed by atoms with Gasteiger partial charge in [-0.1, -0.05) is 11.6 Å². The van der Waals surface area contributed by atoms with Gasteiger partial charge in [0.2, 0.25) is 0 Å². The Balaban J connectivity index is 1.62. The van der Waals surface area contributed by atoms with Gasteiger partial charge in [-0.25, -0.2) is 9.97 Å². The lowest BCUT2D eigenvalue weighted by Gasteiger charge is -2.28. The normalized spacial score (nSPS) is 21.8. The first-order chi connectivity index (χ1) is 14.6. The number of rotatable bonds is 6. The van der Waals surface area contributed by atoms with Crippen LogP contribution in [-0.2, 0) is 19.8 Å². The van der Waals surface area contributed by atoms with Crippen LogP contribution in [0.15, 0.2) is 30.6 Å². The van der Waals surface area contributed by atoms with E-state index in [9.17, 15) is 0 Å². The Morgan fingerprint density at radius 3 is 2.83 bits per heavy atom. The Labute approximate surface area is 179 Å². The molecular formula is C22H24ClN3O4. The molecule has 5 rings (SSSR count). The van der Waals surface area contributed by atoms with Crippen LogP contribution in [0.3, 0.4) is 0 Å². The highest BCUT2D eigenvalue weighted by Crippen LogP contribution is 2.36. The summed E-state index contributed by atoms with van der Waals surface area (Å²) < 4.78 is 25.0. The van der Waals surface area contributed by atoms with Gasteiger partial charge in [0.1, 0.15) is 22.3 Å². The molecule has 2 aliphatic heterocycles. The van der Waals surface area contributed by atoms with Crippen molar-refractivity contribution < 1.29 is 18.9 Å². The molecule has 0 N–H and O–H groups in total. The van der Waals surface area contributed by atoms with E-state index in [0.717, 1.165) is 53.4 Å². The van der Waals surface area contributed by atoms with E-state index in [0.29, 0.717) is 30.9 Å². The molecule has 3 aromatic heterocycles. The van der Waals surface area contributed by atoms with E-state index in [1.165, 1.54) is 0 Å². The molecule has 0 aliphatic carbocycles. The highest BCUT2D eigenvalue weighted by atomic mass is 35.5. The second kappa shape index (κ2) is 7.81. The number of nitrogens with zero attached hydrogens (tertiary/aromatic N) is 3. The minimum Gasteiger partial charge on any atom is -0.493 e. The van der Waals surface area contributed by atoms with E-state index in [4.69, 9.17) is 35.5 Å². The molecule has 0 radical (unpaired) electrons. The van der Waals surface area contributed by atoms with Crippen LogP contribution in [0.1, 0.15) is 17.7 Å². The smallest absolute Gasteiger partial charge is 0.141 e. The third kappa shape index (κ3) is 3.46. The van der Waals surface area contributed by atoms with Crippen LogP contribution in [0.5, 0.6) is 5.75 Å². The molecule has 158 valence electrons. The van der Waals surface area contributed by atoms with E-state index < -0.39 is 5.60 Å². The van der Waals surface area contributed by atoms with Gasteiger partial charge in [0.15, 0.2) is 0 Å². The molecule has 3 aromatic rings. The van der Waals surface area contributed by atoms with Crippen LogP contribution >= 0.6 is 11.6 Å². The topological polar surface area (TPSA) is 67.6 Å². The molecule has 1 atom stereocenters. The maximum Gasteiger partial charge on any atom is 0.141 e. The minimum atomic E-state index is -0.578. The number of ether oxygens (including phenoxy) is 4. The van der Waals surface area contributed by atoms with E-state index in [2.05, 4.69) is 4.98 Å². The number of hydrogen-bond acceptors (Lipinski definition) is 6. The summed E-state index contributed by atoms with van der Waals surface area (Å²) in [4.78, 5) is 9.19. The Kier molecular flexibility index (Phi) is 5.14. The van der Waals surface area contributed by atoms with Gasteiger partial charge in [0.05, 0.1) is 37.6 Å². The van der Waals surface area contributed by atoms with E-state index in [-0.39, 0.29) is 0 Å². The first-order valence-electron chi connectivity index (χ1n) is 10.1. The standard InChI is InChI=1S/C22H24ClN3O4/c1-14-9-26(18-7-20(23)24-8-17(14)18)21-6-16(30-12-15-10-29-11-15)5-19(25-21)22(27-2)3-4-28-13-22/h5-9,15H,3-4,10-13H2,1-2H3/t22-/m0/s1. The second-order valence-corrected chi connectivity index (χ2v) is 8.36. The van der Waals surface area contributed by atoms with Crippen LogP contribution < -0.4 is 4.74 Å². The summed E-state index contributed by atoms with van der Waals surface area (Å²) in [5.74, 6) is 1.93. The first kappa shape index (κ1) is 19.8. The zero-order valence-corrected chi connectivity index (χ0v) is 17.8. The zero-order valence-electron chi connectivity index (χ0n) is 17.1. The Hall–Kier alpha value is -2.19. The van der Waals surface area contributed by atoms with Crippen molar-refractivity contribution in [3.05, 3.63) is 47.0 Å². The van der Waals surface area contributed by atoms with Crippen LogP contribution in [0.25, 0.3) is 16.7 Å². The van der Waals surface area contributed by atoms with Crippen molar-refractivity contribution in [2.75, 3.05) is 40.1 Å². The lowest BCUT2D eigenvalue weighted by Crippen LogP contribution is -2.33. The minimum absolute atomic E-state index is 0.427. The Morgan fingerprint density at radius 2 is 2.13 bits per heavy atom. The zero-order chi connectivity index (χ0) is 20.7. The molecule has 7 nitrogen and oxygen atoms in total. The third-order valence-corrected chi connectivity index (χ3v) is 6.13. The molecule has 0 aromatic carbocycles. The maximum atomic E-state index is 6.19. The average molecular weight is 430 g/mol. The molecule has 0 amide bonds.